The molecule has 22 heteroatoms. The molecule has 0 saturated carbocycles. The van der Waals surface area contributed by atoms with Gasteiger partial charge in [-0.05, 0) is 40.8 Å². The highest BCUT2D eigenvalue weighted by molar-refractivity contribution is 14.0. The largest absolute Gasteiger partial charge is 0.481 e. The van der Waals surface area contributed by atoms with Crippen LogP contribution in [0.2, 0.25) is 0 Å². The number of hydrogen-bond donors (Lipinski definition) is 6. The SMILES string of the molecule is COc1cc(-c2cc3c(NC4CN(C(=O)CC#N)CC4(C)C)c(C(N)=O)cnn3c2)ccn1.COc1cc(-c2cc3c(NC4CNCC4(C)C)c(C(N)=O)cnn3c2)ccn1.I.N#CCC(=O)O. The van der Waals surface area contributed by atoms with E-state index in [-0.39, 0.29) is 64.8 Å². The average Bonchev–Trinajstić information content (AvgIpc) is 4.08. The van der Waals surface area contributed by atoms with E-state index in [0.717, 1.165) is 40.9 Å². The maximum absolute atomic E-state index is 12.3. The molecule has 0 aliphatic carbocycles. The Hall–Kier alpha value is -7.57. The number of nitrogens with zero attached hydrogens (tertiary/aromatic N) is 9. The van der Waals surface area contributed by atoms with Crippen molar-refractivity contribution in [3.63, 3.8) is 0 Å². The second-order valence-electron chi connectivity index (χ2n) is 17.2. The number of pyridine rings is 2. The molecule has 2 unspecified atom stereocenters. The van der Waals surface area contributed by atoms with Crippen molar-refractivity contribution in [1.29, 1.82) is 10.5 Å². The first-order valence-corrected chi connectivity index (χ1v) is 21.0. The Bertz CT molecular complexity index is 2920. The summed E-state index contributed by atoms with van der Waals surface area (Å²) < 4.78 is 13.9. The van der Waals surface area contributed by atoms with Crippen LogP contribution in [0, 0.1) is 33.5 Å². The number of carbonyl (C=O) groups excluding carboxylic acids is 3. The van der Waals surface area contributed by atoms with Gasteiger partial charge in [-0.2, -0.15) is 20.7 Å². The highest BCUT2D eigenvalue weighted by Crippen LogP contribution is 2.37. The third kappa shape index (κ3) is 11.7. The van der Waals surface area contributed by atoms with Gasteiger partial charge >= 0.3 is 5.97 Å². The lowest BCUT2D eigenvalue weighted by Crippen LogP contribution is -2.35. The van der Waals surface area contributed by atoms with E-state index in [1.807, 2.05) is 68.7 Å². The Balaban J connectivity index is 0.000000226. The lowest BCUT2D eigenvalue weighted by Gasteiger charge is -2.28. The standard InChI is InChI=1S/C23H25N7O3.C20H24N6O2.C3H3NO2.HI/c1-23(2)13-29(20(31)4-6-24)12-18(23)28-21-16(22(25)32)10-27-30-11-15(8-17(21)30)14-5-7-26-19(9-14)33-3;1-20(2)11-22-9-16(20)25-18-14(19(21)27)8-24-26-10-13(6-15(18)26)12-4-5-23-17(7-12)28-3;4-2-1-3(5)6;/h5,7-11,18,28H,4,12-13H2,1-3H3,(H2,25,32);4-8,10,16,22,25H,9,11H2,1-3H3,(H2,21,27);1H2,(H,5,6);1H. The van der Waals surface area contributed by atoms with Gasteiger partial charge in [-0.1, -0.05) is 27.7 Å². The number of nitriles is 2. The molecule has 0 aromatic carbocycles. The average molecular weight is 1040 g/mol. The number of carbonyl (C=O) groups is 4. The molecule has 8 N–H and O–H groups in total. The van der Waals surface area contributed by atoms with Gasteiger partial charge in [0.05, 0.1) is 78.3 Å². The maximum atomic E-state index is 12.3. The van der Waals surface area contributed by atoms with Gasteiger partial charge in [-0.15, -0.1) is 24.0 Å². The fourth-order valence-electron chi connectivity index (χ4n) is 7.85. The molecule has 0 bridgehead atoms. The molecular weight excluding hydrogens is 988 g/mol. The van der Waals surface area contributed by atoms with Gasteiger partial charge in [0.1, 0.15) is 12.8 Å². The molecule has 6 aromatic rings. The van der Waals surface area contributed by atoms with Crippen molar-refractivity contribution >= 4 is 70.1 Å². The zero-order valence-electron chi connectivity index (χ0n) is 38.3. The Morgan fingerprint density at radius 2 is 1.26 bits per heavy atom. The summed E-state index contributed by atoms with van der Waals surface area (Å²) in [6.07, 6.45) is 9.52. The van der Waals surface area contributed by atoms with E-state index in [2.05, 4.69) is 50.0 Å². The number of hydrogen-bond acceptors (Lipinski definition) is 15. The van der Waals surface area contributed by atoms with Crippen molar-refractivity contribution in [2.24, 2.45) is 22.3 Å². The first kappa shape index (κ1) is 51.4. The molecule has 8 rings (SSSR count). The molecule has 3 amide bonds. The van der Waals surface area contributed by atoms with Crippen molar-refractivity contribution in [2.75, 3.05) is 51.0 Å². The summed E-state index contributed by atoms with van der Waals surface area (Å²) in [5.74, 6) is -1.36. The minimum atomic E-state index is -1.07. The van der Waals surface area contributed by atoms with Gasteiger partial charge in [-0.25, -0.2) is 19.0 Å². The number of aliphatic carboxylic acids is 1. The predicted molar refractivity (Wildman–Crippen MR) is 262 cm³/mol. The highest BCUT2D eigenvalue weighted by atomic mass is 127. The number of carboxylic acid groups (broad SMARTS) is 1. The number of nitrogens with one attached hydrogen (secondary N) is 3. The minimum Gasteiger partial charge on any atom is -0.481 e. The normalized spacial score (nSPS) is 16.4. The number of rotatable bonds is 12. The summed E-state index contributed by atoms with van der Waals surface area (Å²) in [7, 11) is 3.14. The number of halogens is 1. The molecule has 0 spiro atoms. The van der Waals surface area contributed by atoms with E-state index in [0.29, 0.717) is 47.3 Å². The van der Waals surface area contributed by atoms with Gasteiger partial charge in [0.2, 0.25) is 17.7 Å². The van der Waals surface area contributed by atoms with Gasteiger partial charge in [0.15, 0.2) is 0 Å². The summed E-state index contributed by atoms with van der Waals surface area (Å²) in [6, 6.07) is 14.7. The number of amides is 3. The topological polar surface area (TPSA) is 306 Å². The van der Waals surface area contributed by atoms with Crippen LogP contribution >= 0.6 is 24.0 Å². The summed E-state index contributed by atoms with van der Waals surface area (Å²) in [6.45, 7) is 11.1. The number of ether oxygens (including phenoxy) is 2. The fraction of sp³-hybridized carbons (Fsp3) is 0.348. The molecule has 0 radical (unpaired) electrons. The van der Waals surface area contributed by atoms with Crippen LogP contribution < -0.4 is 36.9 Å². The molecule has 356 valence electrons. The van der Waals surface area contributed by atoms with Gasteiger partial charge in [0.25, 0.3) is 11.8 Å². The van der Waals surface area contributed by atoms with Crippen LogP contribution in [0.3, 0.4) is 0 Å². The fourth-order valence-corrected chi connectivity index (χ4v) is 7.85. The molecule has 21 nitrogen and oxygen atoms in total. The number of likely N-dealkylation sites (tertiary alicyclic amines) is 1. The summed E-state index contributed by atoms with van der Waals surface area (Å²) in [5, 5.41) is 43.3. The van der Waals surface area contributed by atoms with Crippen LogP contribution in [0.5, 0.6) is 11.8 Å². The predicted octanol–water partition coefficient (Wildman–Crippen LogP) is 4.58. The number of carboxylic acids is 1. The number of fused-ring (bicyclic) bond motifs is 2. The first-order chi connectivity index (χ1) is 31.9. The third-order valence-corrected chi connectivity index (χ3v) is 11.6. The summed E-state index contributed by atoms with van der Waals surface area (Å²) >= 11 is 0. The van der Waals surface area contributed by atoms with Gasteiger partial charge in [-0.3, -0.25) is 19.2 Å². The molecule has 68 heavy (non-hydrogen) atoms. The van der Waals surface area contributed by atoms with Crippen molar-refractivity contribution in [2.45, 2.75) is 52.6 Å². The van der Waals surface area contributed by atoms with E-state index in [4.69, 9.17) is 36.6 Å². The molecule has 8 heterocycles. The monoisotopic (exact) mass is 1040 g/mol. The van der Waals surface area contributed by atoms with E-state index < -0.39 is 24.2 Å². The van der Waals surface area contributed by atoms with Crippen LogP contribution in [0.15, 0.2) is 73.6 Å². The third-order valence-electron chi connectivity index (χ3n) is 11.6. The van der Waals surface area contributed by atoms with Crippen molar-refractivity contribution < 1.29 is 33.8 Å². The van der Waals surface area contributed by atoms with E-state index in [1.165, 1.54) is 18.5 Å². The molecule has 2 aliphatic heterocycles. The van der Waals surface area contributed by atoms with Crippen LogP contribution in [-0.2, 0) is 9.59 Å². The van der Waals surface area contributed by atoms with Gasteiger partial charge in [0, 0.05) is 85.7 Å². The van der Waals surface area contributed by atoms with Crippen molar-refractivity contribution in [1.82, 2.24) is 39.4 Å². The maximum Gasteiger partial charge on any atom is 0.317 e. The number of anilines is 2. The van der Waals surface area contributed by atoms with E-state index in [1.54, 1.807) is 40.5 Å². The summed E-state index contributed by atoms with van der Waals surface area (Å²) in [5.41, 5.74) is 18.1. The molecule has 2 aliphatic rings. The molecule has 2 fully saturated rings. The molecule has 2 atom stereocenters. The number of aromatic nitrogens is 6. The van der Waals surface area contributed by atoms with Crippen LogP contribution in [0.4, 0.5) is 11.4 Å². The number of methoxy groups -OCH3 is 2. The van der Waals surface area contributed by atoms with Crippen LogP contribution in [-0.4, -0.2) is 115 Å². The first-order valence-electron chi connectivity index (χ1n) is 21.0. The second kappa shape index (κ2) is 21.8. The molecule has 6 aromatic heterocycles. The quantitative estimate of drug-likeness (QED) is 0.0914. The van der Waals surface area contributed by atoms with Crippen molar-refractivity contribution in [3.8, 4) is 46.2 Å². The number of primary amides is 2. The minimum absolute atomic E-state index is 0. The number of nitrogens with two attached hydrogens (primary N) is 2. The van der Waals surface area contributed by atoms with Crippen LogP contribution in [0.1, 0.15) is 61.3 Å². The van der Waals surface area contributed by atoms with Crippen molar-refractivity contribution in [3.05, 3.63) is 84.7 Å². The zero-order valence-corrected chi connectivity index (χ0v) is 40.6. The Morgan fingerprint density at radius 3 is 1.66 bits per heavy atom. The molecule has 2 saturated heterocycles. The van der Waals surface area contributed by atoms with Gasteiger partial charge < -0.3 is 46.9 Å². The van der Waals surface area contributed by atoms with E-state index in [9.17, 15) is 19.2 Å². The zero-order chi connectivity index (χ0) is 48.6. The lowest BCUT2D eigenvalue weighted by molar-refractivity contribution is -0.135. The Labute approximate surface area is 408 Å². The smallest absolute Gasteiger partial charge is 0.317 e. The molecular formula is C46H53IN14O7. The van der Waals surface area contributed by atoms with E-state index >= 15 is 0 Å². The highest BCUT2D eigenvalue weighted by Gasteiger charge is 2.42. The Morgan fingerprint density at radius 1 is 0.779 bits per heavy atom. The lowest BCUT2D eigenvalue weighted by atomic mass is 9.87. The Kier molecular flexibility index (Phi) is 16.5. The van der Waals surface area contributed by atoms with Crippen LogP contribution in [0.25, 0.3) is 33.3 Å². The second-order valence-corrected chi connectivity index (χ2v) is 17.2. The summed E-state index contributed by atoms with van der Waals surface area (Å²) in [4.78, 5) is 55.9.